The van der Waals surface area contributed by atoms with Crippen LogP contribution in [0.5, 0.6) is 5.75 Å². The van der Waals surface area contributed by atoms with Crippen molar-refractivity contribution in [2.45, 2.75) is 13.0 Å². The first kappa shape index (κ1) is 15.9. The lowest BCUT2D eigenvalue weighted by atomic mass is 9.98. The third kappa shape index (κ3) is 3.60. The molecule has 0 aliphatic heterocycles. The molecule has 1 N–H and O–H groups in total. The topological polar surface area (TPSA) is 21.3 Å². The summed E-state index contributed by atoms with van der Waals surface area (Å²) < 4.78 is 33.7. The smallest absolute Gasteiger partial charge is 0.165 e. The molecule has 1 atom stereocenters. The minimum Gasteiger partial charge on any atom is -0.494 e. The molecule has 0 aromatic heterocycles. The lowest BCUT2D eigenvalue weighted by Gasteiger charge is -2.20. The van der Waals surface area contributed by atoms with E-state index in [1.165, 1.54) is 19.2 Å². The fourth-order valence-electron chi connectivity index (χ4n) is 2.21. The van der Waals surface area contributed by atoms with Crippen LogP contribution in [0, 0.1) is 11.6 Å². The van der Waals surface area contributed by atoms with Crippen LogP contribution in [0.25, 0.3) is 0 Å². The van der Waals surface area contributed by atoms with Gasteiger partial charge in [-0.1, -0.05) is 28.9 Å². The Kier molecular flexibility index (Phi) is 5.31. The quantitative estimate of drug-likeness (QED) is 0.856. The molecule has 0 heterocycles. The van der Waals surface area contributed by atoms with Crippen molar-refractivity contribution in [1.29, 1.82) is 0 Å². The van der Waals surface area contributed by atoms with Gasteiger partial charge in [-0.25, -0.2) is 8.78 Å². The summed E-state index contributed by atoms with van der Waals surface area (Å²) in [4.78, 5) is 0. The first-order chi connectivity index (χ1) is 10.1. The monoisotopic (exact) mass is 355 g/mol. The van der Waals surface area contributed by atoms with Crippen molar-refractivity contribution < 1.29 is 13.5 Å². The molecule has 21 heavy (non-hydrogen) atoms. The predicted molar refractivity (Wildman–Crippen MR) is 82.6 cm³/mol. The molecule has 0 fully saturated rings. The Bertz CT molecular complexity index is 634. The van der Waals surface area contributed by atoms with Crippen LogP contribution in [0.1, 0.15) is 24.1 Å². The SMILES string of the molecule is CCNC(c1ccc(OC)c(F)c1)c1cc(Br)ccc1F. The van der Waals surface area contributed by atoms with Crippen molar-refractivity contribution in [2.75, 3.05) is 13.7 Å². The second kappa shape index (κ2) is 7.00. The van der Waals surface area contributed by atoms with Gasteiger partial charge in [-0.3, -0.25) is 0 Å². The Morgan fingerprint density at radius 3 is 2.52 bits per heavy atom. The van der Waals surface area contributed by atoms with E-state index < -0.39 is 11.9 Å². The maximum absolute atomic E-state index is 14.1. The number of rotatable bonds is 5. The Balaban J connectivity index is 2.48. The summed E-state index contributed by atoms with van der Waals surface area (Å²) in [6.07, 6.45) is 0. The third-order valence-corrected chi connectivity index (χ3v) is 3.68. The fourth-order valence-corrected chi connectivity index (χ4v) is 2.59. The van der Waals surface area contributed by atoms with E-state index in [-0.39, 0.29) is 11.6 Å². The van der Waals surface area contributed by atoms with Crippen LogP contribution in [0.2, 0.25) is 0 Å². The molecule has 0 saturated carbocycles. The summed E-state index contributed by atoms with van der Waals surface area (Å²) in [5.74, 6) is -0.627. The minimum atomic E-state index is -0.465. The Morgan fingerprint density at radius 2 is 1.90 bits per heavy atom. The standard InChI is InChI=1S/C16H16BrF2NO/c1-3-20-16(12-9-11(17)5-6-13(12)18)10-4-7-15(21-2)14(19)8-10/h4-9,16,20H,3H2,1-2H3. The number of hydrogen-bond donors (Lipinski definition) is 1. The van der Waals surface area contributed by atoms with Crippen LogP contribution in [-0.2, 0) is 0 Å². The summed E-state index contributed by atoms with van der Waals surface area (Å²) in [7, 11) is 1.41. The highest BCUT2D eigenvalue weighted by Gasteiger charge is 2.19. The summed E-state index contributed by atoms with van der Waals surface area (Å²) in [6.45, 7) is 2.55. The van der Waals surface area contributed by atoms with E-state index in [2.05, 4.69) is 21.2 Å². The summed E-state index contributed by atoms with van der Waals surface area (Å²) in [6, 6.07) is 8.95. The molecule has 2 nitrogen and oxygen atoms in total. The second-order valence-corrected chi connectivity index (χ2v) is 5.47. The molecule has 1 unspecified atom stereocenters. The van der Waals surface area contributed by atoms with Gasteiger partial charge >= 0.3 is 0 Å². The zero-order valence-corrected chi connectivity index (χ0v) is 13.4. The molecule has 2 aromatic carbocycles. The average Bonchev–Trinajstić information content (AvgIpc) is 2.47. The lowest BCUT2D eigenvalue weighted by Crippen LogP contribution is -2.23. The maximum atomic E-state index is 14.1. The summed E-state index contributed by atoms with van der Waals surface area (Å²) >= 11 is 3.34. The van der Waals surface area contributed by atoms with E-state index in [1.54, 1.807) is 24.3 Å². The number of nitrogens with one attached hydrogen (secondary N) is 1. The van der Waals surface area contributed by atoms with Crippen molar-refractivity contribution in [3.63, 3.8) is 0 Å². The van der Waals surface area contributed by atoms with Gasteiger partial charge < -0.3 is 10.1 Å². The number of benzene rings is 2. The Hall–Kier alpha value is -1.46. The number of methoxy groups -OCH3 is 1. The normalized spacial score (nSPS) is 12.2. The van der Waals surface area contributed by atoms with Crippen molar-refractivity contribution in [2.24, 2.45) is 0 Å². The van der Waals surface area contributed by atoms with Crippen LogP contribution in [0.4, 0.5) is 8.78 Å². The maximum Gasteiger partial charge on any atom is 0.165 e. The number of hydrogen-bond acceptors (Lipinski definition) is 2. The van der Waals surface area contributed by atoms with Crippen LogP contribution < -0.4 is 10.1 Å². The molecule has 0 saturated heterocycles. The van der Waals surface area contributed by atoms with E-state index in [0.29, 0.717) is 17.7 Å². The van der Waals surface area contributed by atoms with Crippen LogP contribution in [-0.4, -0.2) is 13.7 Å². The molecule has 0 amide bonds. The van der Waals surface area contributed by atoms with Crippen LogP contribution >= 0.6 is 15.9 Å². The van der Waals surface area contributed by atoms with Gasteiger partial charge in [-0.15, -0.1) is 0 Å². The zero-order chi connectivity index (χ0) is 15.4. The highest BCUT2D eigenvalue weighted by molar-refractivity contribution is 9.10. The summed E-state index contributed by atoms with van der Waals surface area (Å²) in [5.41, 5.74) is 1.11. The van der Waals surface area contributed by atoms with Gasteiger partial charge in [0, 0.05) is 10.0 Å². The molecular formula is C16H16BrF2NO. The van der Waals surface area contributed by atoms with E-state index >= 15 is 0 Å². The van der Waals surface area contributed by atoms with Gasteiger partial charge in [0.05, 0.1) is 13.2 Å². The molecule has 0 bridgehead atoms. The first-order valence-electron chi connectivity index (χ1n) is 6.58. The molecule has 0 radical (unpaired) electrons. The number of halogens is 3. The van der Waals surface area contributed by atoms with Crippen molar-refractivity contribution in [3.8, 4) is 5.75 Å². The summed E-state index contributed by atoms with van der Waals surface area (Å²) in [5, 5.41) is 3.18. The Morgan fingerprint density at radius 1 is 1.14 bits per heavy atom. The average molecular weight is 356 g/mol. The second-order valence-electron chi connectivity index (χ2n) is 4.55. The molecular weight excluding hydrogens is 340 g/mol. The van der Waals surface area contributed by atoms with E-state index in [4.69, 9.17) is 4.74 Å². The van der Waals surface area contributed by atoms with E-state index in [0.717, 1.165) is 4.47 Å². The molecule has 0 aliphatic rings. The van der Waals surface area contributed by atoms with Gasteiger partial charge in [0.2, 0.25) is 0 Å². The lowest BCUT2D eigenvalue weighted by molar-refractivity contribution is 0.385. The van der Waals surface area contributed by atoms with Crippen LogP contribution in [0.3, 0.4) is 0 Å². The molecule has 0 spiro atoms. The van der Waals surface area contributed by atoms with Gasteiger partial charge in [0.1, 0.15) is 5.82 Å². The van der Waals surface area contributed by atoms with Crippen molar-refractivity contribution in [3.05, 3.63) is 63.6 Å². The Labute approximate surface area is 131 Å². The van der Waals surface area contributed by atoms with E-state index in [1.807, 2.05) is 6.92 Å². The molecule has 2 rings (SSSR count). The molecule has 112 valence electrons. The predicted octanol–water partition coefficient (Wildman–Crippen LogP) is 4.43. The number of ether oxygens (including phenoxy) is 1. The minimum absolute atomic E-state index is 0.170. The highest BCUT2D eigenvalue weighted by Crippen LogP contribution is 2.29. The van der Waals surface area contributed by atoms with Gasteiger partial charge in [-0.05, 0) is 42.4 Å². The van der Waals surface area contributed by atoms with E-state index in [9.17, 15) is 8.78 Å². The van der Waals surface area contributed by atoms with Crippen molar-refractivity contribution >= 4 is 15.9 Å². The third-order valence-electron chi connectivity index (χ3n) is 3.19. The molecule has 5 heteroatoms. The van der Waals surface area contributed by atoms with Gasteiger partial charge in [0.25, 0.3) is 0 Å². The highest BCUT2D eigenvalue weighted by atomic mass is 79.9. The largest absolute Gasteiger partial charge is 0.494 e. The van der Waals surface area contributed by atoms with Gasteiger partial charge in [0.15, 0.2) is 11.6 Å². The molecule has 2 aromatic rings. The van der Waals surface area contributed by atoms with Crippen molar-refractivity contribution in [1.82, 2.24) is 5.32 Å². The van der Waals surface area contributed by atoms with Crippen LogP contribution in [0.15, 0.2) is 40.9 Å². The molecule has 0 aliphatic carbocycles. The zero-order valence-electron chi connectivity index (χ0n) is 11.8. The van der Waals surface area contributed by atoms with Gasteiger partial charge in [-0.2, -0.15) is 0 Å². The fraction of sp³-hybridized carbons (Fsp3) is 0.250. The first-order valence-corrected chi connectivity index (χ1v) is 7.38.